The second-order valence-corrected chi connectivity index (χ2v) is 3.28. The second-order valence-electron chi connectivity index (χ2n) is 2.11. The van der Waals surface area contributed by atoms with Gasteiger partial charge in [0, 0.05) is 31.9 Å². The van der Waals surface area contributed by atoms with Gasteiger partial charge in [-0.2, -0.15) is 0 Å². The van der Waals surface area contributed by atoms with E-state index >= 15 is 0 Å². The molecule has 0 fully saturated rings. The van der Waals surface area contributed by atoms with Gasteiger partial charge in [0.05, 0.1) is 0 Å². The Morgan fingerprint density at radius 1 is 1.46 bits per heavy atom. The average molecular weight is 458 g/mol. The molecule has 0 atom stereocenters. The van der Waals surface area contributed by atoms with Crippen molar-refractivity contribution in [3.8, 4) is 0 Å². The van der Waals surface area contributed by atoms with Crippen molar-refractivity contribution >= 4 is 33.5 Å². The summed E-state index contributed by atoms with van der Waals surface area (Å²) in [6.07, 6.45) is 0. The van der Waals surface area contributed by atoms with E-state index in [1.807, 2.05) is 18.2 Å². The molecule has 2 aromatic rings. The van der Waals surface area contributed by atoms with Gasteiger partial charge in [-0.25, -0.2) is 0 Å². The van der Waals surface area contributed by atoms with Gasteiger partial charge in [0.2, 0.25) is 0 Å². The van der Waals surface area contributed by atoms with Gasteiger partial charge >= 0.3 is 0 Å². The van der Waals surface area contributed by atoms with E-state index in [1.54, 1.807) is 0 Å². The number of halogens is 1. The van der Waals surface area contributed by atoms with E-state index in [-0.39, 0.29) is 21.1 Å². The zero-order valence-corrected chi connectivity index (χ0v) is 12.1. The number of aromatic amines is 1. The van der Waals surface area contributed by atoms with Crippen LogP contribution in [0.2, 0.25) is 0 Å². The fourth-order valence-electron chi connectivity index (χ4n) is 0.970. The van der Waals surface area contributed by atoms with Crippen molar-refractivity contribution in [2.75, 3.05) is 7.11 Å². The zero-order valence-electron chi connectivity index (χ0n) is 7.04. The van der Waals surface area contributed by atoms with Crippen LogP contribution in [0.15, 0.2) is 24.3 Å². The molecule has 0 aliphatic carbocycles. The number of aliphatic hydroxyl groups excluding tert-OH is 1. The largest absolute Gasteiger partial charge is 0.400 e. The number of aromatic nitrogens is 1. The molecular formula is C9H9INOW-. The Bertz CT molecular complexity index is 328. The number of hydrogen-bond donors (Lipinski definition) is 2. The van der Waals surface area contributed by atoms with E-state index in [1.165, 1.54) is 0 Å². The first-order valence-electron chi connectivity index (χ1n) is 3.46. The van der Waals surface area contributed by atoms with Crippen LogP contribution in [-0.4, -0.2) is 17.2 Å². The number of hydrogen-bond acceptors (Lipinski definition) is 1. The molecule has 1 heterocycles. The van der Waals surface area contributed by atoms with Gasteiger partial charge in [-0.15, -0.1) is 35.7 Å². The van der Waals surface area contributed by atoms with Gasteiger partial charge in [0.25, 0.3) is 0 Å². The fraction of sp³-hybridized carbons (Fsp3) is 0.111. The van der Waals surface area contributed by atoms with E-state index in [4.69, 9.17) is 5.11 Å². The molecular weight excluding hydrogens is 449 g/mol. The molecule has 0 spiro atoms. The Kier molecular flexibility index (Phi) is 6.64. The Hall–Kier alpha value is 0.138. The smallest absolute Gasteiger partial charge is 0.0319 e. The van der Waals surface area contributed by atoms with Crippen molar-refractivity contribution in [1.82, 2.24) is 4.98 Å². The summed E-state index contributed by atoms with van der Waals surface area (Å²) in [7, 11) is 1.00. The molecule has 0 saturated heterocycles. The molecule has 2 rings (SSSR count). The van der Waals surface area contributed by atoms with Crippen LogP contribution in [0.5, 0.6) is 0 Å². The molecule has 0 amide bonds. The predicted molar refractivity (Wildman–Crippen MR) is 58.0 cm³/mol. The van der Waals surface area contributed by atoms with Gasteiger partial charge in [-0.1, -0.05) is 0 Å². The number of benzene rings is 1. The summed E-state index contributed by atoms with van der Waals surface area (Å²) in [4.78, 5) is 3.21. The molecule has 70 valence electrons. The molecule has 1 aromatic heterocycles. The Labute approximate surface area is 105 Å². The molecule has 0 aliphatic heterocycles. The van der Waals surface area contributed by atoms with Gasteiger partial charge in [0.1, 0.15) is 0 Å². The van der Waals surface area contributed by atoms with Crippen LogP contribution in [0.4, 0.5) is 0 Å². The SMILES string of the molecule is CO.Ic1cc2[c-]cccc2[nH]1.[W]. The standard InChI is InChI=1S/C8H5IN.CH4O.W/c9-8-5-6-3-1-2-4-7(6)10-8;1-2;/h1-2,4-5,10H;2H,1H3;/q-1;;. The van der Waals surface area contributed by atoms with Crippen LogP contribution in [0, 0.1) is 9.77 Å². The first kappa shape index (κ1) is 13.1. The molecule has 2 nitrogen and oxygen atoms in total. The van der Waals surface area contributed by atoms with Crippen LogP contribution < -0.4 is 0 Å². The Morgan fingerprint density at radius 2 is 2.15 bits per heavy atom. The molecule has 2 N–H and O–H groups in total. The normalized spacial score (nSPS) is 8.54. The van der Waals surface area contributed by atoms with E-state index in [2.05, 4.69) is 39.7 Å². The maximum atomic E-state index is 7.00. The van der Waals surface area contributed by atoms with E-state index in [0.717, 1.165) is 21.7 Å². The van der Waals surface area contributed by atoms with Crippen molar-refractivity contribution < 1.29 is 26.2 Å². The van der Waals surface area contributed by atoms with Gasteiger partial charge in [-0.3, -0.25) is 0 Å². The molecule has 0 bridgehead atoms. The van der Waals surface area contributed by atoms with Crippen LogP contribution in [-0.2, 0) is 21.1 Å². The zero-order chi connectivity index (χ0) is 8.97. The van der Waals surface area contributed by atoms with Crippen LogP contribution >= 0.6 is 22.6 Å². The molecule has 0 radical (unpaired) electrons. The molecule has 4 heteroatoms. The quantitative estimate of drug-likeness (QED) is 0.462. The first-order chi connectivity index (χ1) is 5.86. The summed E-state index contributed by atoms with van der Waals surface area (Å²) >= 11 is 2.26. The minimum Gasteiger partial charge on any atom is -0.400 e. The third kappa shape index (κ3) is 3.41. The van der Waals surface area contributed by atoms with Crippen molar-refractivity contribution in [3.05, 3.63) is 34.0 Å². The number of fused-ring (bicyclic) bond motifs is 1. The summed E-state index contributed by atoms with van der Waals surface area (Å²) in [5, 5.41) is 8.16. The second kappa shape index (κ2) is 6.57. The monoisotopic (exact) mass is 458 g/mol. The minimum atomic E-state index is 0. The van der Waals surface area contributed by atoms with E-state index in [9.17, 15) is 0 Å². The van der Waals surface area contributed by atoms with Crippen LogP contribution in [0.1, 0.15) is 0 Å². The first-order valence-corrected chi connectivity index (χ1v) is 4.54. The number of rotatable bonds is 0. The molecule has 0 aliphatic rings. The number of aliphatic hydroxyl groups is 1. The summed E-state index contributed by atoms with van der Waals surface area (Å²) in [6, 6.07) is 11.2. The van der Waals surface area contributed by atoms with Crippen LogP contribution in [0.25, 0.3) is 10.9 Å². The van der Waals surface area contributed by atoms with Crippen molar-refractivity contribution in [1.29, 1.82) is 0 Å². The predicted octanol–water partition coefficient (Wildman–Crippen LogP) is 2.18. The van der Waals surface area contributed by atoms with Crippen molar-refractivity contribution in [3.63, 3.8) is 0 Å². The maximum Gasteiger partial charge on any atom is 0.0319 e. The van der Waals surface area contributed by atoms with Gasteiger partial charge in [-0.05, 0) is 28.1 Å². The third-order valence-corrected chi connectivity index (χ3v) is 1.99. The summed E-state index contributed by atoms with van der Waals surface area (Å²) in [6.45, 7) is 0. The van der Waals surface area contributed by atoms with Crippen LogP contribution in [0.3, 0.4) is 0 Å². The summed E-state index contributed by atoms with van der Waals surface area (Å²) < 4.78 is 1.16. The number of nitrogens with one attached hydrogen (secondary N) is 1. The van der Waals surface area contributed by atoms with E-state index in [0.29, 0.717) is 0 Å². The van der Waals surface area contributed by atoms with Crippen molar-refractivity contribution in [2.24, 2.45) is 0 Å². The fourth-order valence-corrected chi connectivity index (χ4v) is 1.57. The average Bonchev–Trinajstić information content (AvgIpc) is 2.48. The van der Waals surface area contributed by atoms with E-state index < -0.39 is 0 Å². The Morgan fingerprint density at radius 3 is 2.77 bits per heavy atom. The topological polar surface area (TPSA) is 36.0 Å². The minimum absolute atomic E-state index is 0. The van der Waals surface area contributed by atoms with Crippen molar-refractivity contribution in [2.45, 2.75) is 0 Å². The third-order valence-electron chi connectivity index (χ3n) is 1.41. The number of H-pyrrole nitrogens is 1. The molecule has 0 saturated carbocycles. The maximum absolute atomic E-state index is 7.00. The summed E-state index contributed by atoms with van der Waals surface area (Å²) in [5.74, 6) is 0. The Balaban J connectivity index is 0.000000451. The summed E-state index contributed by atoms with van der Waals surface area (Å²) in [5.41, 5.74) is 1.16. The molecule has 1 aromatic carbocycles. The molecule has 0 unspecified atom stereocenters. The van der Waals surface area contributed by atoms with Gasteiger partial charge < -0.3 is 10.1 Å². The van der Waals surface area contributed by atoms with Gasteiger partial charge in [0.15, 0.2) is 0 Å². The molecule has 13 heavy (non-hydrogen) atoms.